The minimum absolute atomic E-state index is 0.368. The maximum Gasteiger partial charge on any atom is 0.248 e. The van der Waals surface area contributed by atoms with Gasteiger partial charge in [0.1, 0.15) is 0 Å². The molecule has 3 N–H and O–H groups in total. The molecule has 0 bridgehead atoms. The molecule has 1 heterocycles. The fraction of sp³-hybridized carbons (Fsp3) is 0.562. The molecule has 4 heteroatoms. The molecule has 0 spiro atoms. The van der Waals surface area contributed by atoms with Gasteiger partial charge in [-0.15, -0.1) is 0 Å². The Morgan fingerprint density at radius 2 is 2.10 bits per heavy atom. The van der Waals surface area contributed by atoms with E-state index in [4.69, 9.17) is 5.73 Å². The van der Waals surface area contributed by atoms with Crippen LogP contribution in [0, 0.1) is 0 Å². The molecule has 4 nitrogen and oxygen atoms in total. The zero-order valence-electron chi connectivity index (χ0n) is 12.3. The van der Waals surface area contributed by atoms with Crippen LogP contribution in [0.1, 0.15) is 43.0 Å². The number of carbonyl (C=O) groups is 1. The zero-order chi connectivity index (χ0) is 14.4. The van der Waals surface area contributed by atoms with Crippen molar-refractivity contribution in [2.75, 3.05) is 24.5 Å². The average molecular weight is 275 g/mol. The number of anilines is 1. The number of nitrogens with zero attached hydrogens (tertiary/aromatic N) is 1. The van der Waals surface area contributed by atoms with E-state index in [-0.39, 0.29) is 5.91 Å². The predicted octanol–water partition coefficient (Wildman–Crippen LogP) is 2.14. The highest BCUT2D eigenvalue weighted by molar-refractivity contribution is 5.93. The Labute approximate surface area is 121 Å². The fourth-order valence-corrected chi connectivity index (χ4v) is 2.78. The first-order valence-corrected chi connectivity index (χ1v) is 7.59. The second-order valence-electron chi connectivity index (χ2n) is 5.50. The van der Waals surface area contributed by atoms with Gasteiger partial charge in [-0.25, -0.2) is 0 Å². The second kappa shape index (κ2) is 7.29. The molecule has 1 saturated heterocycles. The maximum absolute atomic E-state index is 11.1. The van der Waals surface area contributed by atoms with E-state index in [0.29, 0.717) is 11.6 Å². The minimum atomic E-state index is -0.368. The lowest BCUT2D eigenvalue weighted by Crippen LogP contribution is -2.44. The lowest BCUT2D eigenvalue weighted by molar-refractivity contribution is 0.100. The van der Waals surface area contributed by atoms with E-state index >= 15 is 0 Å². The highest BCUT2D eigenvalue weighted by atomic mass is 16.1. The molecule has 1 aromatic rings. The molecule has 0 saturated carbocycles. The third kappa shape index (κ3) is 3.97. The Morgan fingerprint density at radius 1 is 1.35 bits per heavy atom. The van der Waals surface area contributed by atoms with Crippen molar-refractivity contribution in [3.63, 3.8) is 0 Å². The summed E-state index contributed by atoms with van der Waals surface area (Å²) in [5.41, 5.74) is 7.03. The fourth-order valence-electron chi connectivity index (χ4n) is 2.78. The van der Waals surface area contributed by atoms with E-state index in [1.54, 1.807) is 0 Å². The van der Waals surface area contributed by atoms with Crippen LogP contribution in [-0.4, -0.2) is 31.6 Å². The number of hydrogen-bond donors (Lipinski definition) is 2. The second-order valence-corrected chi connectivity index (χ2v) is 5.50. The van der Waals surface area contributed by atoms with E-state index in [1.807, 2.05) is 24.3 Å². The summed E-state index contributed by atoms with van der Waals surface area (Å²) in [6.07, 6.45) is 4.97. The maximum atomic E-state index is 11.1. The van der Waals surface area contributed by atoms with Crippen molar-refractivity contribution in [1.82, 2.24) is 5.32 Å². The van der Waals surface area contributed by atoms with E-state index in [1.165, 1.54) is 24.9 Å². The summed E-state index contributed by atoms with van der Waals surface area (Å²) in [5.74, 6) is -0.368. The third-order valence-corrected chi connectivity index (χ3v) is 3.86. The summed E-state index contributed by atoms with van der Waals surface area (Å²) in [7, 11) is 0. The number of rotatable bonds is 6. The molecule has 1 atom stereocenters. The van der Waals surface area contributed by atoms with Crippen LogP contribution in [0.2, 0.25) is 0 Å². The van der Waals surface area contributed by atoms with Crippen LogP contribution in [0.4, 0.5) is 5.69 Å². The summed E-state index contributed by atoms with van der Waals surface area (Å²) in [4.78, 5) is 13.5. The standard InChI is InChI=1S/C16H25N3O/c1-2-11-19(12-14-5-3-4-10-18-14)15-8-6-13(7-9-15)16(17)20/h6-9,14,18H,2-5,10-12H2,1H3,(H2,17,20). The molecule has 1 amide bonds. The quantitative estimate of drug-likeness (QED) is 0.836. The van der Waals surface area contributed by atoms with Crippen molar-refractivity contribution in [3.8, 4) is 0 Å². The van der Waals surface area contributed by atoms with Crippen LogP contribution in [0.15, 0.2) is 24.3 Å². The number of hydrogen-bond acceptors (Lipinski definition) is 3. The molecule has 1 fully saturated rings. The zero-order valence-corrected chi connectivity index (χ0v) is 12.3. The first-order chi connectivity index (χ1) is 9.70. The summed E-state index contributed by atoms with van der Waals surface area (Å²) in [5, 5.41) is 3.59. The van der Waals surface area contributed by atoms with Crippen molar-refractivity contribution in [3.05, 3.63) is 29.8 Å². The van der Waals surface area contributed by atoms with Gasteiger partial charge >= 0.3 is 0 Å². The lowest BCUT2D eigenvalue weighted by atomic mass is 10.0. The third-order valence-electron chi connectivity index (χ3n) is 3.86. The molecule has 0 radical (unpaired) electrons. The van der Waals surface area contributed by atoms with E-state index in [9.17, 15) is 4.79 Å². The highest BCUT2D eigenvalue weighted by Crippen LogP contribution is 2.18. The Balaban J connectivity index is 2.04. The van der Waals surface area contributed by atoms with Gasteiger partial charge in [0.15, 0.2) is 0 Å². The molecule has 1 aliphatic heterocycles. The first kappa shape index (κ1) is 14.9. The van der Waals surface area contributed by atoms with Gasteiger partial charge in [-0.1, -0.05) is 13.3 Å². The molecule has 0 aromatic heterocycles. The summed E-state index contributed by atoms with van der Waals surface area (Å²) >= 11 is 0. The summed E-state index contributed by atoms with van der Waals surface area (Å²) in [6.45, 7) is 5.39. The smallest absolute Gasteiger partial charge is 0.248 e. The van der Waals surface area contributed by atoms with Crippen molar-refractivity contribution in [2.45, 2.75) is 38.6 Å². The molecule has 1 aliphatic rings. The number of nitrogens with one attached hydrogen (secondary N) is 1. The molecule has 0 aliphatic carbocycles. The highest BCUT2D eigenvalue weighted by Gasteiger charge is 2.16. The van der Waals surface area contributed by atoms with Gasteiger partial charge in [0.2, 0.25) is 5.91 Å². The average Bonchev–Trinajstić information content (AvgIpc) is 2.48. The number of carbonyl (C=O) groups excluding carboxylic acids is 1. The largest absolute Gasteiger partial charge is 0.370 e. The van der Waals surface area contributed by atoms with Gasteiger partial charge in [0.25, 0.3) is 0 Å². The number of nitrogens with two attached hydrogens (primary N) is 1. The topological polar surface area (TPSA) is 58.4 Å². The van der Waals surface area contributed by atoms with Gasteiger partial charge in [-0.05, 0) is 50.1 Å². The first-order valence-electron chi connectivity index (χ1n) is 7.59. The van der Waals surface area contributed by atoms with Crippen molar-refractivity contribution < 1.29 is 4.79 Å². The number of primary amides is 1. The minimum Gasteiger partial charge on any atom is -0.370 e. The number of amides is 1. The van der Waals surface area contributed by atoms with Gasteiger partial charge in [0, 0.05) is 30.4 Å². The van der Waals surface area contributed by atoms with Gasteiger partial charge < -0.3 is 16.0 Å². The van der Waals surface area contributed by atoms with E-state index in [0.717, 1.165) is 26.1 Å². The van der Waals surface area contributed by atoms with Gasteiger partial charge in [0.05, 0.1) is 0 Å². The van der Waals surface area contributed by atoms with Crippen molar-refractivity contribution in [1.29, 1.82) is 0 Å². The SMILES string of the molecule is CCCN(CC1CCCCN1)c1ccc(C(N)=O)cc1. The monoisotopic (exact) mass is 275 g/mol. The Hall–Kier alpha value is -1.55. The van der Waals surface area contributed by atoms with E-state index < -0.39 is 0 Å². The van der Waals surface area contributed by atoms with Crippen molar-refractivity contribution in [2.24, 2.45) is 5.73 Å². The Bertz CT molecular complexity index is 424. The summed E-state index contributed by atoms with van der Waals surface area (Å²) < 4.78 is 0. The van der Waals surface area contributed by atoms with Gasteiger partial charge in [-0.2, -0.15) is 0 Å². The molecule has 1 aromatic carbocycles. The van der Waals surface area contributed by atoms with Gasteiger partial charge in [-0.3, -0.25) is 4.79 Å². The van der Waals surface area contributed by atoms with Crippen LogP contribution in [0.5, 0.6) is 0 Å². The normalized spacial score (nSPS) is 18.8. The molecular formula is C16H25N3O. The Kier molecular flexibility index (Phi) is 5.41. The molecule has 20 heavy (non-hydrogen) atoms. The van der Waals surface area contributed by atoms with Crippen LogP contribution in [0.25, 0.3) is 0 Å². The Morgan fingerprint density at radius 3 is 2.65 bits per heavy atom. The molecule has 1 unspecified atom stereocenters. The number of benzene rings is 1. The molecular weight excluding hydrogens is 250 g/mol. The lowest BCUT2D eigenvalue weighted by Gasteiger charge is -2.32. The van der Waals surface area contributed by atoms with Crippen LogP contribution >= 0.6 is 0 Å². The van der Waals surface area contributed by atoms with Crippen LogP contribution in [0.3, 0.4) is 0 Å². The summed E-state index contributed by atoms with van der Waals surface area (Å²) in [6, 6.07) is 8.20. The number of piperidine rings is 1. The predicted molar refractivity (Wildman–Crippen MR) is 83.1 cm³/mol. The molecule has 110 valence electrons. The van der Waals surface area contributed by atoms with E-state index in [2.05, 4.69) is 17.1 Å². The van der Waals surface area contributed by atoms with Crippen molar-refractivity contribution >= 4 is 11.6 Å². The van der Waals surface area contributed by atoms with Crippen LogP contribution in [-0.2, 0) is 0 Å². The van der Waals surface area contributed by atoms with Crippen LogP contribution < -0.4 is 16.0 Å². The molecule has 2 rings (SSSR count).